The molecule has 0 saturated carbocycles. The summed E-state index contributed by atoms with van der Waals surface area (Å²) in [5.74, 6) is 0.764. The van der Waals surface area contributed by atoms with Gasteiger partial charge in [0.1, 0.15) is 0 Å². The van der Waals surface area contributed by atoms with E-state index >= 15 is 0 Å². The Morgan fingerprint density at radius 2 is 2.06 bits per heavy atom. The monoisotopic (exact) mass is 255 g/mol. The van der Waals surface area contributed by atoms with Crippen molar-refractivity contribution in [2.24, 2.45) is 0 Å². The first-order valence-corrected chi connectivity index (χ1v) is 7.72. The zero-order chi connectivity index (χ0) is 12.0. The van der Waals surface area contributed by atoms with Crippen LogP contribution in [0.25, 0.3) is 0 Å². The van der Waals surface area contributed by atoms with Crippen LogP contribution >= 0.6 is 11.8 Å². The van der Waals surface area contributed by atoms with Gasteiger partial charge in [-0.15, -0.1) is 11.8 Å². The third-order valence-electron chi connectivity index (χ3n) is 1.94. The van der Waals surface area contributed by atoms with E-state index in [1.165, 1.54) is 18.0 Å². The topological polar surface area (TPSA) is 57.9 Å². The minimum Gasteiger partial charge on any atom is -0.224 e. The Balaban J connectivity index is 2.77. The maximum absolute atomic E-state index is 11.5. The lowest BCUT2D eigenvalue weighted by Crippen LogP contribution is -1.99. The summed E-state index contributed by atoms with van der Waals surface area (Å²) in [5.41, 5.74) is 0. The molecular formula is C11H13NO2S2. The molecule has 0 spiro atoms. The minimum atomic E-state index is -3.16. The summed E-state index contributed by atoms with van der Waals surface area (Å²) >= 11 is 1.48. The fraction of sp³-hybridized carbons (Fsp3) is 0.364. The highest BCUT2D eigenvalue weighted by Crippen LogP contribution is 2.26. The smallest absolute Gasteiger partial charge is 0.176 e. The normalized spacial score (nSPS) is 11.0. The summed E-state index contributed by atoms with van der Waals surface area (Å²) in [6.45, 7) is 0. The van der Waals surface area contributed by atoms with Crippen molar-refractivity contribution in [3.05, 3.63) is 24.3 Å². The molecule has 0 radical (unpaired) electrons. The van der Waals surface area contributed by atoms with E-state index < -0.39 is 9.84 Å². The van der Waals surface area contributed by atoms with Crippen LogP contribution in [0.15, 0.2) is 34.1 Å². The van der Waals surface area contributed by atoms with Crippen LogP contribution in [0.4, 0.5) is 0 Å². The predicted molar refractivity (Wildman–Crippen MR) is 65.1 cm³/mol. The molecule has 16 heavy (non-hydrogen) atoms. The number of rotatable bonds is 5. The lowest BCUT2D eigenvalue weighted by Gasteiger charge is -2.06. The molecule has 0 fully saturated rings. The van der Waals surface area contributed by atoms with Gasteiger partial charge in [-0.3, -0.25) is 0 Å². The Bertz CT molecular complexity index is 489. The standard InChI is InChI=1S/C11H13NO2S2/c1-16(13,14)11-7-3-2-6-10(11)15-9-5-4-8-12/h2-3,6-7H,4-5,9H2,1H3. The van der Waals surface area contributed by atoms with Crippen LogP contribution in [0.5, 0.6) is 0 Å². The summed E-state index contributed by atoms with van der Waals surface area (Å²) < 4.78 is 23.0. The molecule has 0 atom stereocenters. The van der Waals surface area contributed by atoms with Gasteiger partial charge in [-0.25, -0.2) is 8.42 Å². The average Bonchev–Trinajstić information content (AvgIpc) is 2.24. The van der Waals surface area contributed by atoms with Gasteiger partial charge < -0.3 is 0 Å². The number of nitriles is 1. The second-order valence-corrected chi connectivity index (χ2v) is 6.45. The molecule has 0 unspecified atom stereocenters. The Hall–Kier alpha value is -0.990. The summed E-state index contributed by atoms with van der Waals surface area (Å²) in [5, 5.41) is 8.39. The molecular weight excluding hydrogens is 242 g/mol. The number of hydrogen-bond donors (Lipinski definition) is 0. The van der Waals surface area contributed by atoms with Gasteiger partial charge >= 0.3 is 0 Å². The van der Waals surface area contributed by atoms with Crippen molar-refractivity contribution >= 4 is 21.6 Å². The van der Waals surface area contributed by atoms with Crippen LogP contribution in [-0.2, 0) is 9.84 Å². The largest absolute Gasteiger partial charge is 0.224 e. The van der Waals surface area contributed by atoms with Gasteiger partial charge in [-0.2, -0.15) is 5.26 Å². The molecule has 0 amide bonds. The van der Waals surface area contributed by atoms with E-state index in [4.69, 9.17) is 5.26 Å². The van der Waals surface area contributed by atoms with Crippen molar-refractivity contribution in [1.82, 2.24) is 0 Å². The molecule has 1 aromatic carbocycles. The third kappa shape index (κ3) is 3.87. The molecule has 0 saturated heterocycles. The van der Waals surface area contributed by atoms with E-state index in [9.17, 15) is 8.42 Å². The van der Waals surface area contributed by atoms with E-state index in [1.807, 2.05) is 6.07 Å². The van der Waals surface area contributed by atoms with Gasteiger partial charge in [-0.1, -0.05) is 12.1 Å². The van der Waals surface area contributed by atoms with Gasteiger partial charge in [0.05, 0.1) is 11.0 Å². The number of sulfone groups is 1. The summed E-state index contributed by atoms with van der Waals surface area (Å²) in [6.07, 6.45) is 2.50. The molecule has 1 aromatic rings. The van der Waals surface area contributed by atoms with Crippen LogP contribution < -0.4 is 0 Å². The SMILES string of the molecule is CS(=O)(=O)c1ccccc1SCCCC#N. The predicted octanol–water partition coefficient (Wildman–Crippen LogP) is 2.49. The molecule has 0 bridgehead atoms. The van der Waals surface area contributed by atoms with Gasteiger partial charge in [0.2, 0.25) is 0 Å². The van der Waals surface area contributed by atoms with Crippen molar-refractivity contribution in [3.63, 3.8) is 0 Å². The van der Waals surface area contributed by atoms with Crippen molar-refractivity contribution in [1.29, 1.82) is 5.26 Å². The Morgan fingerprint density at radius 1 is 1.38 bits per heavy atom. The van der Waals surface area contributed by atoms with Gasteiger partial charge in [0.25, 0.3) is 0 Å². The molecule has 1 rings (SSSR count). The summed E-state index contributed by atoms with van der Waals surface area (Å²) in [7, 11) is -3.16. The molecule has 0 aromatic heterocycles. The Kier molecular flexibility index (Phi) is 4.84. The fourth-order valence-corrected chi connectivity index (χ4v) is 3.49. The van der Waals surface area contributed by atoms with E-state index in [2.05, 4.69) is 6.07 Å². The Morgan fingerprint density at radius 3 is 2.69 bits per heavy atom. The number of thioether (sulfide) groups is 1. The van der Waals surface area contributed by atoms with Crippen molar-refractivity contribution in [2.45, 2.75) is 22.6 Å². The molecule has 0 aliphatic carbocycles. The minimum absolute atomic E-state index is 0.372. The number of hydrogen-bond acceptors (Lipinski definition) is 4. The lowest BCUT2D eigenvalue weighted by atomic mass is 10.4. The van der Waals surface area contributed by atoms with Crippen LogP contribution in [0.3, 0.4) is 0 Å². The summed E-state index contributed by atoms with van der Waals surface area (Å²) in [6, 6.07) is 9.02. The third-order valence-corrected chi connectivity index (χ3v) is 4.38. The second kappa shape index (κ2) is 5.92. The van der Waals surface area contributed by atoms with E-state index in [0.717, 1.165) is 17.1 Å². The van der Waals surface area contributed by atoms with Crippen LogP contribution in [0, 0.1) is 11.3 Å². The van der Waals surface area contributed by atoms with Crippen LogP contribution in [-0.4, -0.2) is 20.4 Å². The number of unbranched alkanes of at least 4 members (excludes halogenated alkanes) is 1. The summed E-state index contributed by atoms with van der Waals surface area (Å²) in [4.78, 5) is 1.14. The fourth-order valence-electron chi connectivity index (χ4n) is 1.21. The second-order valence-electron chi connectivity index (χ2n) is 3.33. The van der Waals surface area contributed by atoms with Gasteiger partial charge in [0, 0.05) is 17.6 Å². The zero-order valence-corrected chi connectivity index (χ0v) is 10.6. The molecule has 0 aliphatic heterocycles. The van der Waals surface area contributed by atoms with Crippen LogP contribution in [0.1, 0.15) is 12.8 Å². The highest BCUT2D eigenvalue weighted by molar-refractivity contribution is 8.00. The molecule has 0 N–H and O–H groups in total. The first-order chi connectivity index (χ1) is 7.55. The van der Waals surface area contributed by atoms with Crippen molar-refractivity contribution in [2.75, 3.05) is 12.0 Å². The van der Waals surface area contributed by atoms with E-state index in [1.54, 1.807) is 18.2 Å². The molecule has 3 nitrogen and oxygen atoms in total. The quantitative estimate of drug-likeness (QED) is 0.599. The molecule has 86 valence electrons. The van der Waals surface area contributed by atoms with E-state index in [0.29, 0.717) is 11.3 Å². The average molecular weight is 255 g/mol. The highest BCUT2D eigenvalue weighted by Gasteiger charge is 2.12. The number of benzene rings is 1. The zero-order valence-electron chi connectivity index (χ0n) is 9.01. The van der Waals surface area contributed by atoms with Gasteiger partial charge in [0.15, 0.2) is 9.84 Å². The number of nitrogens with zero attached hydrogens (tertiary/aromatic N) is 1. The molecule has 5 heteroatoms. The maximum atomic E-state index is 11.5. The van der Waals surface area contributed by atoms with Crippen LogP contribution in [0.2, 0.25) is 0 Å². The molecule has 0 aliphatic rings. The lowest BCUT2D eigenvalue weighted by molar-refractivity contribution is 0.600. The molecule has 0 heterocycles. The van der Waals surface area contributed by atoms with E-state index in [-0.39, 0.29) is 0 Å². The first kappa shape index (κ1) is 13.1. The van der Waals surface area contributed by atoms with Crippen molar-refractivity contribution in [3.8, 4) is 6.07 Å². The first-order valence-electron chi connectivity index (χ1n) is 4.84. The Labute approximate surface area is 100 Å². The highest BCUT2D eigenvalue weighted by atomic mass is 32.2. The maximum Gasteiger partial charge on any atom is 0.176 e. The van der Waals surface area contributed by atoms with Gasteiger partial charge in [-0.05, 0) is 24.3 Å². The van der Waals surface area contributed by atoms with Crippen molar-refractivity contribution < 1.29 is 8.42 Å².